The van der Waals surface area contributed by atoms with Crippen molar-refractivity contribution in [1.82, 2.24) is 5.32 Å². The predicted octanol–water partition coefficient (Wildman–Crippen LogP) is 1.98. The molecule has 0 aliphatic rings. The molecule has 1 aromatic carbocycles. The van der Waals surface area contributed by atoms with Crippen LogP contribution < -0.4 is 11.1 Å². The number of rotatable bonds is 7. The second kappa shape index (κ2) is 7.93. The van der Waals surface area contributed by atoms with Gasteiger partial charge in [-0.3, -0.25) is 9.59 Å². The molecule has 0 spiro atoms. The Kier molecular flexibility index (Phi) is 6.56. The molecule has 21 heavy (non-hydrogen) atoms. The Bertz CT molecular complexity index is 482. The smallest absolute Gasteiger partial charge is 0.237 e. The number of ketones is 1. The predicted molar refractivity (Wildman–Crippen MR) is 84.9 cm³/mol. The Hall–Kier alpha value is -1.68. The molecule has 0 aliphatic carbocycles. The van der Waals surface area contributed by atoms with Crippen molar-refractivity contribution in [1.29, 1.82) is 0 Å². The normalized spacial score (nSPS) is 15.1. The number of hydrogen-bond donors (Lipinski definition) is 2. The number of aryl methyl sites for hydroxylation is 1. The fourth-order valence-electron chi connectivity index (χ4n) is 2.04. The van der Waals surface area contributed by atoms with Gasteiger partial charge in [0.25, 0.3) is 0 Å². The minimum atomic E-state index is -0.574. The van der Waals surface area contributed by atoms with Crippen molar-refractivity contribution in [3.63, 3.8) is 0 Å². The van der Waals surface area contributed by atoms with Gasteiger partial charge < -0.3 is 11.1 Å². The molecule has 4 nitrogen and oxygen atoms in total. The third-order valence-corrected chi connectivity index (χ3v) is 3.93. The first kappa shape index (κ1) is 17.4. The molecule has 1 aromatic rings. The molecule has 3 unspecified atom stereocenters. The van der Waals surface area contributed by atoms with Crippen LogP contribution in [-0.2, 0) is 16.0 Å². The zero-order valence-electron chi connectivity index (χ0n) is 13.3. The van der Waals surface area contributed by atoms with Crippen LogP contribution in [0.1, 0.15) is 38.3 Å². The summed E-state index contributed by atoms with van der Waals surface area (Å²) in [6.45, 7) is 7.44. The highest BCUT2D eigenvalue weighted by atomic mass is 16.2. The lowest BCUT2D eigenvalue weighted by Crippen LogP contribution is -2.50. The second-order valence-electron chi connectivity index (χ2n) is 5.77. The third-order valence-electron chi connectivity index (χ3n) is 3.93. The van der Waals surface area contributed by atoms with Gasteiger partial charge in [0.05, 0.1) is 12.1 Å². The largest absolute Gasteiger partial charge is 0.345 e. The summed E-state index contributed by atoms with van der Waals surface area (Å²) in [6, 6.07) is 6.86. The van der Waals surface area contributed by atoms with Crippen LogP contribution in [0.5, 0.6) is 0 Å². The van der Waals surface area contributed by atoms with Crippen LogP contribution in [0.4, 0.5) is 0 Å². The van der Waals surface area contributed by atoms with E-state index in [-0.39, 0.29) is 17.6 Å². The van der Waals surface area contributed by atoms with Gasteiger partial charge in [-0.15, -0.1) is 0 Å². The van der Waals surface area contributed by atoms with E-state index in [4.69, 9.17) is 5.73 Å². The van der Waals surface area contributed by atoms with Gasteiger partial charge >= 0.3 is 0 Å². The third kappa shape index (κ3) is 5.31. The summed E-state index contributed by atoms with van der Waals surface area (Å²) in [5, 5.41) is 2.78. The zero-order chi connectivity index (χ0) is 16.0. The van der Waals surface area contributed by atoms with Crippen molar-refractivity contribution >= 4 is 11.7 Å². The molecule has 0 saturated carbocycles. The fourth-order valence-corrected chi connectivity index (χ4v) is 2.04. The van der Waals surface area contributed by atoms with Crippen molar-refractivity contribution in [2.75, 3.05) is 0 Å². The average molecular weight is 290 g/mol. The Morgan fingerprint density at radius 2 is 1.81 bits per heavy atom. The maximum Gasteiger partial charge on any atom is 0.237 e. The molecule has 0 aromatic heterocycles. The molecule has 3 atom stereocenters. The Morgan fingerprint density at radius 1 is 1.24 bits per heavy atom. The van der Waals surface area contributed by atoms with Crippen LogP contribution in [0, 0.1) is 12.8 Å². The highest BCUT2D eigenvalue weighted by Crippen LogP contribution is 2.09. The van der Waals surface area contributed by atoms with Crippen LogP contribution in [-0.4, -0.2) is 23.8 Å². The standard InChI is InChI=1S/C17H26N2O2/c1-5-12(3)16(18)17(21)19-15(13(4)20)10-14-8-6-11(2)7-9-14/h6-9,12,15-16H,5,10,18H2,1-4H3,(H,19,21). The molecule has 1 amide bonds. The molecule has 3 N–H and O–H groups in total. The summed E-state index contributed by atoms with van der Waals surface area (Å²) < 4.78 is 0. The number of amides is 1. The Balaban J connectivity index is 2.72. The number of hydrogen-bond acceptors (Lipinski definition) is 3. The number of Topliss-reactive ketones (excluding diaryl/α,β-unsaturated/α-hetero) is 1. The molecule has 0 aliphatic heterocycles. The molecule has 0 heterocycles. The van der Waals surface area contributed by atoms with Crippen molar-refractivity contribution in [2.24, 2.45) is 11.7 Å². The van der Waals surface area contributed by atoms with Crippen LogP contribution >= 0.6 is 0 Å². The van der Waals surface area contributed by atoms with E-state index in [9.17, 15) is 9.59 Å². The number of carbonyl (C=O) groups is 2. The average Bonchev–Trinajstić information content (AvgIpc) is 2.46. The first-order valence-corrected chi connectivity index (χ1v) is 7.47. The van der Waals surface area contributed by atoms with Crippen molar-refractivity contribution < 1.29 is 9.59 Å². The fraction of sp³-hybridized carbons (Fsp3) is 0.529. The van der Waals surface area contributed by atoms with Gasteiger partial charge in [0.1, 0.15) is 0 Å². The van der Waals surface area contributed by atoms with Crippen LogP contribution in [0.2, 0.25) is 0 Å². The molecule has 4 heteroatoms. The van der Waals surface area contributed by atoms with E-state index in [1.807, 2.05) is 45.0 Å². The van der Waals surface area contributed by atoms with Gasteiger partial charge in [-0.05, 0) is 31.7 Å². The lowest BCUT2D eigenvalue weighted by molar-refractivity contribution is -0.128. The Labute approximate surface area is 127 Å². The molecule has 0 saturated heterocycles. The van der Waals surface area contributed by atoms with Gasteiger partial charge in [0.2, 0.25) is 5.91 Å². The minimum Gasteiger partial charge on any atom is -0.345 e. The maximum absolute atomic E-state index is 12.1. The van der Waals surface area contributed by atoms with E-state index in [0.29, 0.717) is 6.42 Å². The summed E-state index contributed by atoms with van der Waals surface area (Å²) in [7, 11) is 0. The topological polar surface area (TPSA) is 72.2 Å². The summed E-state index contributed by atoms with van der Waals surface area (Å²) in [6.07, 6.45) is 1.33. The second-order valence-corrected chi connectivity index (χ2v) is 5.77. The molecular weight excluding hydrogens is 264 g/mol. The highest BCUT2D eigenvalue weighted by molar-refractivity contribution is 5.89. The zero-order valence-corrected chi connectivity index (χ0v) is 13.3. The van der Waals surface area contributed by atoms with Crippen LogP contribution in [0.25, 0.3) is 0 Å². The first-order chi connectivity index (χ1) is 9.85. The van der Waals surface area contributed by atoms with Gasteiger partial charge in [0.15, 0.2) is 5.78 Å². The number of benzene rings is 1. The molecule has 0 fully saturated rings. The van der Waals surface area contributed by atoms with Crippen molar-refractivity contribution in [3.8, 4) is 0 Å². The molecule has 116 valence electrons. The lowest BCUT2D eigenvalue weighted by Gasteiger charge is -2.22. The van der Waals surface area contributed by atoms with Gasteiger partial charge in [-0.1, -0.05) is 50.1 Å². The molecular formula is C17H26N2O2. The van der Waals surface area contributed by atoms with Crippen molar-refractivity contribution in [2.45, 2.75) is 52.6 Å². The molecule has 0 bridgehead atoms. The lowest BCUT2D eigenvalue weighted by atomic mass is 9.97. The van der Waals surface area contributed by atoms with Gasteiger partial charge in [0, 0.05) is 0 Å². The van der Waals surface area contributed by atoms with Gasteiger partial charge in [-0.25, -0.2) is 0 Å². The summed E-state index contributed by atoms with van der Waals surface area (Å²) in [5.41, 5.74) is 8.10. The van der Waals surface area contributed by atoms with E-state index in [0.717, 1.165) is 12.0 Å². The monoisotopic (exact) mass is 290 g/mol. The van der Waals surface area contributed by atoms with E-state index in [1.54, 1.807) is 0 Å². The summed E-state index contributed by atoms with van der Waals surface area (Å²) >= 11 is 0. The summed E-state index contributed by atoms with van der Waals surface area (Å²) in [5.74, 6) is -0.214. The van der Waals surface area contributed by atoms with Crippen molar-refractivity contribution in [3.05, 3.63) is 35.4 Å². The summed E-state index contributed by atoms with van der Waals surface area (Å²) in [4.78, 5) is 23.9. The van der Waals surface area contributed by atoms with E-state index >= 15 is 0 Å². The van der Waals surface area contributed by atoms with Crippen LogP contribution in [0.15, 0.2) is 24.3 Å². The Morgan fingerprint density at radius 3 is 2.29 bits per heavy atom. The van der Waals surface area contributed by atoms with Gasteiger partial charge in [-0.2, -0.15) is 0 Å². The molecule has 1 rings (SSSR count). The first-order valence-electron chi connectivity index (χ1n) is 7.47. The van der Waals surface area contributed by atoms with E-state index in [2.05, 4.69) is 5.32 Å². The maximum atomic E-state index is 12.1. The number of nitrogens with one attached hydrogen (secondary N) is 1. The number of nitrogens with two attached hydrogens (primary N) is 1. The highest BCUT2D eigenvalue weighted by Gasteiger charge is 2.24. The van der Waals surface area contributed by atoms with E-state index < -0.39 is 12.1 Å². The van der Waals surface area contributed by atoms with E-state index in [1.165, 1.54) is 12.5 Å². The molecule has 0 radical (unpaired) electrons. The minimum absolute atomic E-state index is 0.0553. The quantitative estimate of drug-likeness (QED) is 0.806. The number of carbonyl (C=O) groups excluding carboxylic acids is 2. The van der Waals surface area contributed by atoms with Crippen LogP contribution in [0.3, 0.4) is 0 Å². The SMILES string of the molecule is CCC(C)C(N)C(=O)NC(Cc1ccc(C)cc1)C(C)=O.